The lowest BCUT2D eigenvalue weighted by atomic mass is 9.98. The summed E-state index contributed by atoms with van der Waals surface area (Å²) >= 11 is 6.02. The first-order chi connectivity index (χ1) is 15.3. The molecule has 0 saturated heterocycles. The molecule has 0 spiro atoms. The lowest BCUT2D eigenvalue weighted by Gasteiger charge is -2.29. The van der Waals surface area contributed by atoms with Crippen molar-refractivity contribution >= 4 is 35.0 Å². The van der Waals surface area contributed by atoms with Crippen LogP contribution < -0.4 is 5.32 Å². The molecule has 4 rings (SSSR count). The van der Waals surface area contributed by atoms with Gasteiger partial charge >= 0.3 is 6.09 Å². The second kappa shape index (κ2) is 9.09. The normalized spacial score (nSPS) is 14.1. The topological polar surface area (TPSA) is 67.6 Å². The predicted molar refractivity (Wildman–Crippen MR) is 127 cm³/mol. The maximum Gasteiger partial charge on any atom is 0.410 e. The number of carbonyl (C=O) groups is 1. The zero-order chi connectivity index (χ0) is 22.7. The van der Waals surface area contributed by atoms with Crippen molar-refractivity contribution in [3.8, 4) is 11.3 Å². The van der Waals surface area contributed by atoms with Gasteiger partial charge in [-0.1, -0.05) is 48.0 Å². The van der Waals surface area contributed by atoms with Crippen molar-refractivity contribution in [2.24, 2.45) is 0 Å². The van der Waals surface area contributed by atoms with E-state index in [1.165, 1.54) is 5.57 Å². The summed E-state index contributed by atoms with van der Waals surface area (Å²) in [6, 6.07) is 15.9. The number of carbonyl (C=O) groups excluding carboxylic acids is 1. The molecule has 0 bridgehead atoms. The predicted octanol–water partition coefficient (Wildman–Crippen LogP) is 6.76. The summed E-state index contributed by atoms with van der Waals surface area (Å²) in [5.41, 5.74) is 3.62. The van der Waals surface area contributed by atoms with E-state index < -0.39 is 5.60 Å². The van der Waals surface area contributed by atoms with E-state index in [2.05, 4.69) is 28.5 Å². The largest absolute Gasteiger partial charge is 0.444 e. The number of nitrogens with one attached hydrogen (secondary N) is 1. The smallest absolute Gasteiger partial charge is 0.410 e. The van der Waals surface area contributed by atoms with Crippen molar-refractivity contribution in [1.29, 1.82) is 0 Å². The van der Waals surface area contributed by atoms with Crippen LogP contribution in [-0.4, -0.2) is 34.7 Å². The number of aromatic nitrogens is 1. The average Bonchev–Trinajstić information content (AvgIpc) is 3.21. The second-order valence-corrected chi connectivity index (χ2v) is 9.08. The van der Waals surface area contributed by atoms with Gasteiger partial charge in [0.05, 0.1) is 6.20 Å². The summed E-state index contributed by atoms with van der Waals surface area (Å²) in [7, 11) is 0. The third-order valence-electron chi connectivity index (χ3n) is 4.98. The number of amides is 1. The summed E-state index contributed by atoms with van der Waals surface area (Å²) in [5.74, 6) is 0.676. The molecule has 0 radical (unpaired) electrons. The molecule has 1 amide bonds. The Morgan fingerprint density at radius 2 is 1.91 bits per heavy atom. The van der Waals surface area contributed by atoms with Gasteiger partial charge in [0.25, 0.3) is 6.01 Å². The van der Waals surface area contributed by atoms with Crippen molar-refractivity contribution in [1.82, 2.24) is 9.88 Å². The highest BCUT2D eigenvalue weighted by Crippen LogP contribution is 2.29. The minimum absolute atomic E-state index is 0.268. The first-order valence-electron chi connectivity index (χ1n) is 10.5. The molecule has 6 nitrogen and oxygen atoms in total. The van der Waals surface area contributed by atoms with Gasteiger partial charge in [0.15, 0.2) is 5.76 Å². The summed E-state index contributed by atoms with van der Waals surface area (Å²) < 4.78 is 11.3. The first kappa shape index (κ1) is 22.0. The third-order valence-corrected chi connectivity index (χ3v) is 5.22. The molecule has 0 aliphatic carbocycles. The second-order valence-electron chi connectivity index (χ2n) is 8.65. The van der Waals surface area contributed by atoms with Crippen LogP contribution in [0.4, 0.5) is 16.5 Å². The number of rotatable bonds is 4. The van der Waals surface area contributed by atoms with Gasteiger partial charge in [0.2, 0.25) is 0 Å². The van der Waals surface area contributed by atoms with E-state index in [0.29, 0.717) is 29.9 Å². The number of nitrogens with zero attached hydrogens (tertiary/aromatic N) is 2. The van der Waals surface area contributed by atoms with E-state index in [-0.39, 0.29) is 6.09 Å². The van der Waals surface area contributed by atoms with Crippen LogP contribution in [0.25, 0.3) is 16.9 Å². The van der Waals surface area contributed by atoms with Crippen LogP contribution >= 0.6 is 11.6 Å². The van der Waals surface area contributed by atoms with E-state index in [4.69, 9.17) is 20.8 Å². The number of hydrogen-bond donors (Lipinski definition) is 1. The molecular formula is C25H26ClN3O3. The Hall–Kier alpha value is -3.25. The van der Waals surface area contributed by atoms with Gasteiger partial charge < -0.3 is 19.4 Å². The first-order valence-corrected chi connectivity index (χ1v) is 10.9. The molecule has 1 aliphatic rings. The Balaban J connectivity index is 1.40. The molecule has 32 heavy (non-hydrogen) atoms. The van der Waals surface area contributed by atoms with E-state index in [1.807, 2.05) is 57.2 Å². The minimum Gasteiger partial charge on any atom is -0.444 e. The number of halogens is 1. The molecule has 0 fully saturated rings. The molecule has 0 atom stereocenters. The van der Waals surface area contributed by atoms with Crippen LogP contribution in [0.3, 0.4) is 0 Å². The minimum atomic E-state index is -0.485. The van der Waals surface area contributed by atoms with E-state index in [0.717, 1.165) is 23.2 Å². The molecule has 2 heterocycles. The molecule has 1 aromatic heterocycles. The fourth-order valence-corrected chi connectivity index (χ4v) is 3.62. The van der Waals surface area contributed by atoms with Crippen LogP contribution in [0.5, 0.6) is 0 Å². The summed E-state index contributed by atoms with van der Waals surface area (Å²) in [6.45, 7) is 6.82. The maximum atomic E-state index is 12.2. The van der Waals surface area contributed by atoms with E-state index in [9.17, 15) is 4.79 Å². The molecule has 0 saturated carbocycles. The Kier molecular flexibility index (Phi) is 6.24. The third kappa shape index (κ3) is 5.51. The molecule has 7 heteroatoms. The van der Waals surface area contributed by atoms with Gasteiger partial charge in [-0.3, -0.25) is 0 Å². The van der Waals surface area contributed by atoms with Crippen molar-refractivity contribution in [2.45, 2.75) is 32.8 Å². The number of benzene rings is 2. The van der Waals surface area contributed by atoms with Gasteiger partial charge in [-0.2, -0.15) is 0 Å². The summed E-state index contributed by atoms with van der Waals surface area (Å²) in [6.07, 6.45) is 4.30. The number of ether oxygens (including phenoxy) is 1. The molecule has 1 N–H and O–H groups in total. The maximum absolute atomic E-state index is 12.2. The van der Waals surface area contributed by atoms with Crippen LogP contribution in [-0.2, 0) is 4.74 Å². The summed E-state index contributed by atoms with van der Waals surface area (Å²) in [5, 5.41) is 3.75. The van der Waals surface area contributed by atoms with Crippen LogP contribution in [0.15, 0.2) is 65.2 Å². The molecule has 2 aromatic carbocycles. The Bertz CT molecular complexity index is 1130. The van der Waals surface area contributed by atoms with Crippen molar-refractivity contribution in [2.75, 3.05) is 18.4 Å². The molecular weight excluding hydrogens is 426 g/mol. The van der Waals surface area contributed by atoms with Gasteiger partial charge in [0, 0.05) is 29.4 Å². The Morgan fingerprint density at radius 1 is 1.16 bits per heavy atom. The van der Waals surface area contributed by atoms with Gasteiger partial charge in [-0.05, 0) is 56.5 Å². The quantitative estimate of drug-likeness (QED) is 0.474. The number of oxazole rings is 1. The van der Waals surface area contributed by atoms with Crippen molar-refractivity contribution < 1.29 is 13.9 Å². The van der Waals surface area contributed by atoms with Crippen LogP contribution in [0.2, 0.25) is 5.02 Å². The summed E-state index contributed by atoms with van der Waals surface area (Å²) in [4.78, 5) is 18.3. The van der Waals surface area contributed by atoms with Gasteiger partial charge in [-0.25, -0.2) is 9.78 Å². The fraction of sp³-hybridized carbons (Fsp3) is 0.280. The average molecular weight is 452 g/mol. The molecule has 3 aromatic rings. The van der Waals surface area contributed by atoms with Crippen LogP contribution in [0.1, 0.15) is 32.8 Å². The fourth-order valence-electron chi connectivity index (χ4n) is 3.43. The van der Waals surface area contributed by atoms with E-state index >= 15 is 0 Å². The zero-order valence-corrected chi connectivity index (χ0v) is 19.1. The SMILES string of the molecule is CC(C)(C)OC(=O)N1CC=C(c2ccc(-c3cnc(Nc4cccc(Cl)c4)o3)cc2)CC1. The zero-order valence-electron chi connectivity index (χ0n) is 18.4. The van der Waals surface area contributed by atoms with E-state index in [1.54, 1.807) is 11.1 Å². The molecule has 1 aliphatic heterocycles. The lowest BCUT2D eigenvalue weighted by Crippen LogP contribution is -2.39. The Labute approximate surface area is 192 Å². The molecule has 0 unspecified atom stereocenters. The van der Waals surface area contributed by atoms with Gasteiger partial charge in [-0.15, -0.1) is 0 Å². The highest BCUT2D eigenvalue weighted by atomic mass is 35.5. The Morgan fingerprint density at radius 3 is 2.56 bits per heavy atom. The van der Waals surface area contributed by atoms with Crippen molar-refractivity contribution in [3.05, 3.63) is 71.4 Å². The highest BCUT2D eigenvalue weighted by molar-refractivity contribution is 6.30. The van der Waals surface area contributed by atoms with Gasteiger partial charge in [0.1, 0.15) is 5.60 Å². The van der Waals surface area contributed by atoms with Crippen molar-refractivity contribution in [3.63, 3.8) is 0 Å². The standard InChI is InChI=1S/C25H26ClN3O3/c1-25(2,3)32-24(30)29-13-11-18(12-14-29)17-7-9-19(10-8-17)22-16-27-23(31-22)28-21-6-4-5-20(26)15-21/h4-11,15-16H,12-14H2,1-3H3,(H,27,28). The number of hydrogen-bond acceptors (Lipinski definition) is 5. The number of anilines is 2. The highest BCUT2D eigenvalue weighted by Gasteiger charge is 2.23. The lowest BCUT2D eigenvalue weighted by molar-refractivity contribution is 0.0270. The molecule has 166 valence electrons. The monoisotopic (exact) mass is 451 g/mol. The van der Waals surface area contributed by atoms with Crippen LogP contribution in [0, 0.1) is 0 Å².